The predicted octanol–water partition coefficient (Wildman–Crippen LogP) is 5.20. The van der Waals surface area contributed by atoms with Gasteiger partial charge in [0.1, 0.15) is 22.1 Å². The summed E-state index contributed by atoms with van der Waals surface area (Å²) in [5.41, 5.74) is 2.97. The van der Waals surface area contributed by atoms with Gasteiger partial charge in [-0.05, 0) is 70.8 Å². The Morgan fingerprint density at radius 1 is 0.600 bits per heavy atom. The van der Waals surface area contributed by atoms with Crippen LogP contribution in [0.1, 0.15) is 0 Å². The van der Waals surface area contributed by atoms with E-state index in [0.29, 0.717) is 5.56 Å². The minimum Gasteiger partial charge on any atom is -0.508 e. The van der Waals surface area contributed by atoms with Crippen LogP contribution < -0.4 is 4.18 Å². The van der Waals surface area contributed by atoms with Gasteiger partial charge in [-0.2, -0.15) is 8.42 Å². The van der Waals surface area contributed by atoms with Crippen LogP contribution >= 0.6 is 0 Å². The van der Waals surface area contributed by atoms with Gasteiger partial charge in [0.25, 0.3) is 0 Å². The first-order chi connectivity index (χ1) is 14.4. The van der Waals surface area contributed by atoms with Crippen molar-refractivity contribution in [2.75, 3.05) is 0 Å². The predicted molar refractivity (Wildman–Crippen MR) is 115 cm³/mol. The lowest BCUT2D eigenvalue weighted by molar-refractivity contribution is 0.475. The van der Waals surface area contributed by atoms with Crippen molar-refractivity contribution in [3.05, 3.63) is 97.1 Å². The SMILES string of the molecule is O=S(=O)(Oc1ccccc1)c1ccc(-c2ccc(O)cc2)c(-c2ccc(O)cc2)c1. The molecule has 5 nitrogen and oxygen atoms in total. The normalized spacial score (nSPS) is 11.2. The smallest absolute Gasteiger partial charge is 0.339 e. The Bertz CT molecular complexity index is 1260. The fourth-order valence-electron chi connectivity index (χ4n) is 3.10. The van der Waals surface area contributed by atoms with Crippen molar-refractivity contribution < 1.29 is 22.8 Å². The number of para-hydroxylation sites is 1. The highest BCUT2D eigenvalue weighted by atomic mass is 32.2. The summed E-state index contributed by atoms with van der Waals surface area (Å²) in [5, 5.41) is 19.2. The highest BCUT2D eigenvalue weighted by molar-refractivity contribution is 7.87. The van der Waals surface area contributed by atoms with E-state index < -0.39 is 10.1 Å². The molecule has 0 saturated heterocycles. The maximum absolute atomic E-state index is 12.8. The molecule has 6 heteroatoms. The summed E-state index contributed by atoms with van der Waals surface area (Å²) in [6.45, 7) is 0. The second-order valence-electron chi connectivity index (χ2n) is 6.65. The van der Waals surface area contributed by atoms with E-state index >= 15 is 0 Å². The Labute approximate surface area is 174 Å². The van der Waals surface area contributed by atoms with Crippen LogP contribution in [0.5, 0.6) is 17.2 Å². The van der Waals surface area contributed by atoms with Gasteiger partial charge in [0.15, 0.2) is 0 Å². The van der Waals surface area contributed by atoms with Crippen LogP contribution in [0, 0.1) is 0 Å². The van der Waals surface area contributed by atoms with Gasteiger partial charge in [0, 0.05) is 0 Å². The standard InChI is InChI=1S/C24H18O5S/c25-19-10-6-17(7-11-19)23-15-14-22(16-24(23)18-8-12-20(26)13-9-18)30(27,28)29-21-4-2-1-3-5-21/h1-16,25-26H. The first-order valence-electron chi connectivity index (χ1n) is 9.15. The second-order valence-corrected chi connectivity index (χ2v) is 8.20. The number of hydrogen-bond acceptors (Lipinski definition) is 5. The summed E-state index contributed by atoms with van der Waals surface area (Å²) in [4.78, 5) is 0.0111. The van der Waals surface area contributed by atoms with Crippen molar-refractivity contribution in [2.45, 2.75) is 4.90 Å². The highest BCUT2D eigenvalue weighted by Crippen LogP contribution is 2.36. The quantitative estimate of drug-likeness (QED) is 0.435. The average Bonchev–Trinajstić information content (AvgIpc) is 2.75. The molecule has 0 radical (unpaired) electrons. The fraction of sp³-hybridized carbons (Fsp3) is 0. The molecule has 150 valence electrons. The van der Waals surface area contributed by atoms with Gasteiger partial charge in [-0.3, -0.25) is 0 Å². The first kappa shape index (κ1) is 19.5. The largest absolute Gasteiger partial charge is 0.508 e. The molecule has 30 heavy (non-hydrogen) atoms. The number of benzene rings is 4. The van der Waals surface area contributed by atoms with Crippen molar-refractivity contribution in [1.82, 2.24) is 0 Å². The molecule has 0 heterocycles. The van der Waals surface area contributed by atoms with Gasteiger partial charge < -0.3 is 14.4 Å². The second kappa shape index (κ2) is 7.93. The van der Waals surface area contributed by atoms with Crippen LogP contribution in [-0.2, 0) is 10.1 Å². The van der Waals surface area contributed by atoms with Crippen molar-refractivity contribution in [3.8, 4) is 39.5 Å². The molecule has 4 aromatic carbocycles. The van der Waals surface area contributed by atoms with E-state index in [1.54, 1.807) is 78.9 Å². The van der Waals surface area contributed by atoms with Crippen LogP contribution in [0.25, 0.3) is 22.3 Å². The molecule has 0 saturated carbocycles. The van der Waals surface area contributed by atoms with E-state index in [9.17, 15) is 18.6 Å². The van der Waals surface area contributed by atoms with Gasteiger partial charge in [-0.25, -0.2) is 0 Å². The Kier molecular flexibility index (Phi) is 5.16. The van der Waals surface area contributed by atoms with E-state index in [2.05, 4.69) is 0 Å². The molecule has 0 aromatic heterocycles. The Balaban J connectivity index is 1.83. The van der Waals surface area contributed by atoms with Crippen molar-refractivity contribution in [3.63, 3.8) is 0 Å². The van der Waals surface area contributed by atoms with E-state index in [1.165, 1.54) is 18.2 Å². The van der Waals surface area contributed by atoms with Crippen molar-refractivity contribution in [1.29, 1.82) is 0 Å². The zero-order chi connectivity index (χ0) is 21.1. The number of phenols is 2. The molecule has 4 aromatic rings. The summed E-state index contributed by atoms with van der Waals surface area (Å²) in [5.74, 6) is 0.479. The molecule has 0 aliphatic heterocycles. The lowest BCUT2D eigenvalue weighted by Crippen LogP contribution is -2.10. The Morgan fingerprint density at radius 3 is 1.70 bits per heavy atom. The number of aromatic hydroxyl groups is 2. The molecule has 2 N–H and O–H groups in total. The van der Waals surface area contributed by atoms with Crippen LogP contribution in [-0.4, -0.2) is 18.6 Å². The zero-order valence-electron chi connectivity index (χ0n) is 15.8. The average molecular weight is 418 g/mol. The lowest BCUT2D eigenvalue weighted by atomic mass is 9.94. The minimum atomic E-state index is -4.05. The van der Waals surface area contributed by atoms with Gasteiger partial charge in [-0.15, -0.1) is 0 Å². The molecule has 4 rings (SSSR count). The lowest BCUT2D eigenvalue weighted by Gasteiger charge is -2.14. The first-order valence-corrected chi connectivity index (χ1v) is 10.6. The summed E-state index contributed by atoms with van der Waals surface area (Å²) in [6.07, 6.45) is 0. The summed E-state index contributed by atoms with van der Waals surface area (Å²) < 4.78 is 30.9. The third-order valence-electron chi connectivity index (χ3n) is 4.59. The Morgan fingerprint density at radius 2 is 1.13 bits per heavy atom. The maximum Gasteiger partial charge on any atom is 0.339 e. The van der Waals surface area contributed by atoms with Gasteiger partial charge >= 0.3 is 10.1 Å². The molecule has 0 bridgehead atoms. The molecule has 0 unspecified atom stereocenters. The Hall–Kier alpha value is -3.77. The van der Waals surface area contributed by atoms with Crippen LogP contribution in [0.15, 0.2) is 102 Å². The molecular formula is C24H18O5S. The van der Waals surface area contributed by atoms with E-state index in [1.807, 2.05) is 0 Å². The molecular weight excluding hydrogens is 400 g/mol. The monoisotopic (exact) mass is 418 g/mol. The highest BCUT2D eigenvalue weighted by Gasteiger charge is 2.20. The number of phenolic OH excluding ortho intramolecular Hbond substituents is 2. The molecule has 0 atom stereocenters. The zero-order valence-corrected chi connectivity index (χ0v) is 16.6. The summed E-state index contributed by atoms with van der Waals surface area (Å²) >= 11 is 0. The molecule has 0 amide bonds. The van der Waals surface area contributed by atoms with Crippen LogP contribution in [0.4, 0.5) is 0 Å². The topological polar surface area (TPSA) is 83.8 Å². The van der Waals surface area contributed by atoms with Crippen molar-refractivity contribution in [2.24, 2.45) is 0 Å². The van der Waals surface area contributed by atoms with Crippen molar-refractivity contribution >= 4 is 10.1 Å². The van der Waals surface area contributed by atoms with Gasteiger partial charge in [0.2, 0.25) is 0 Å². The van der Waals surface area contributed by atoms with Gasteiger partial charge in [-0.1, -0.05) is 48.5 Å². The third-order valence-corrected chi connectivity index (χ3v) is 5.83. The minimum absolute atomic E-state index is 0.0111. The van der Waals surface area contributed by atoms with E-state index in [0.717, 1.165) is 16.7 Å². The van der Waals surface area contributed by atoms with Gasteiger partial charge in [0.05, 0.1) is 0 Å². The maximum atomic E-state index is 12.8. The third kappa shape index (κ3) is 4.14. The number of hydrogen-bond donors (Lipinski definition) is 2. The summed E-state index contributed by atoms with van der Waals surface area (Å²) in [7, 11) is -4.05. The molecule has 0 fully saturated rings. The molecule has 0 aliphatic carbocycles. The van der Waals surface area contributed by atoms with Crippen LogP contribution in [0.2, 0.25) is 0 Å². The summed E-state index contributed by atoms with van der Waals surface area (Å²) in [6, 6.07) is 26.2. The van der Waals surface area contributed by atoms with E-state index in [-0.39, 0.29) is 22.1 Å². The number of rotatable bonds is 5. The van der Waals surface area contributed by atoms with Crippen LogP contribution in [0.3, 0.4) is 0 Å². The molecule has 0 aliphatic rings. The van der Waals surface area contributed by atoms with E-state index in [4.69, 9.17) is 4.18 Å². The molecule has 0 spiro atoms. The fourth-order valence-corrected chi connectivity index (χ4v) is 4.06.